The number of nitrogens with one attached hydrogen (secondary N) is 2. The molecule has 3 amide bonds. The molecule has 2 fully saturated rings. The molecule has 1 saturated heterocycles. The van der Waals surface area contributed by atoms with Crippen LogP contribution >= 0.6 is 0 Å². The number of aliphatic carboxylic acids is 1. The average molecular weight is 657 g/mol. The lowest BCUT2D eigenvalue weighted by molar-refractivity contribution is -0.146. The number of aromatic nitrogens is 3. The van der Waals surface area contributed by atoms with Crippen molar-refractivity contribution in [1.82, 2.24) is 30.5 Å². The molecule has 0 spiro atoms. The number of ether oxygens (including phenoxy) is 2. The summed E-state index contributed by atoms with van der Waals surface area (Å²) < 4.78 is 11.4. The van der Waals surface area contributed by atoms with E-state index in [0.29, 0.717) is 11.4 Å². The van der Waals surface area contributed by atoms with E-state index >= 15 is 0 Å². The quantitative estimate of drug-likeness (QED) is 0.348. The Morgan fingerprint density at radius 3 is 2.19 bits per heavy atom. The smallest absolute Gasteiger partial charge is 0.408 e. The number of amides is 3. The Bertz CT molecular complexity index is 1660. The standard InChI is InChI=1S/C35H40N6O7/c1-21-27(36-33(46)48-34(2,3)4)31(43)40-20-25(18-26(40)30(42)37-35(32(44)45)19-24(35)16-11-17-47-21)41-38-28(22-12-7-5-8-13-22)29(39-41)23-14-9-6-10-15-23/h5-16,21,24-27H,17-20H2,1-4H3,(H,36,46)(H,37,42)(H,44,45)/b16-11-/t21?,24?,25-,26+,27+,35?/m1/s1. The van der Waals surface area contributed by atoms with Crippen molar-refractivity contribution in [2.75, 3.05) is 13.2 Å². The van der Waals surface area contributed by atoms with Crippen LogP contribution in [0.5, 0.6) is 0 Å². The number of rotatable bonds is 5. The average Bonchev–Trinajstić information content (AvgIpc) is 3.36. The van der Waals surface area contributed by atoms with Crippen molar-refractivity contribution >= 4 is 23.9 Å². The minimum absolute atomic E-state index is 0.0228. The fourth-order valence-electron chi connectivity index (χ4n) is 6.32. The number of alkyl carbamates (subject to hydrolysis) is 1. The van der Waals surface area contributed by atoms with Crippen LogP contribution in [0.3, 0.4) is 0 Å². The van der Waals surface area contributed by atoms with E-state index < -0.39 is 65.2 Å². The lowest BCUT2D eigenvalue weighted by atomic mass is 10.1. The van der Waals surface area contributed by atoms with E-state index in [1.165, 1.54) is 9.70 Å². The Morgan fingerprint density at radius 1 is 1.02 bits per heavy atom. The first-order valence-electron chi connectivity index (χ1n) is 16.1. The lowest BCUT2D eigenvalue weighted by Gasteiger charge is -2.32. The second kappa shape index (κ2) is 12.9. The topological polar surface area (TPSA) is 165 Å². The fraction of sp³-hybridized carbons (Fsp3) is 0.429. The third-order valence-electron chi connectivity index (χ3n) is 8.89. The minimum Gasteiger partial charge on any atom is -0.479 e. The lowest BCUT2D eigenvalue weighted by Crippen LogP contribution is -2.59. The predicted octanol–water partition coefficient (Wildman–Crippen LogP) is 3.58. The molecule has 0 radical (unpaired) electrons. The molecule has 1 saturated carbocycles. The maximum atomic E-state index is 14.4. The first-order valence-corrected chi connectivity index (χ1v) is 16.1. The fourth-order valence-corrected chi connectivity index (χ4v) is 6.32. The van der Waals surface area contributed by atoms with Gasteiger partial charge in [0.1, 0.15) is 34.6 Å². The van der Waals surface area contributed by atoms with Crippen LogP contribution in [-0.2, 0) is 23.9 Å². The van der Waals surface area contributed by atoms with E-state index in [1.54, 1.807) is 39.8 Å². The SMILES string of the molecule is CC1OC/C=C\C2CC2(C(=O)O)NC(=O)[C@@H]2C[C@@H](n3nc(-c4ccccc4)c(-c4ccccc4)n3)CN2C(=O)[C@H]1NC(=O)OC(C)(C)C. The summed E-state index contributed by atoms with van der Waals surface area (Å²) in [6, 6.07) is 16.4. The molecule has 3 aromatic rings. The molecule has 13 heteroatoms. The van der Waals surface area contributed by atoms with E-state index in [1.807, 2.05) is 60.7 Å². The molecule has 1 aromatic heterocycles. The highest BCUT2D eigenvalue weighted by Crippen LogP contribution is 2.45. The number of hydrogen-bond acceptors (Lipinski definition) is 8. The van der Waals surface area contributed by atoms with Gasteiger partial charge in [0.2, 0.25) is 11.8 Å². The summed E-state index contributed by atoms with van der Waals surface area (Å²) in [5.74, 6) is -2.77. The number of carboxylic acids is 1. The Hall–Kier alpha value is -5.04. The van der Waals surface area contributed by atoms with Gasteiger partial charge in [-0.3, -0.25) is 9.59 Å². The van der Waals surface area contributed by atoms with Crippen LogP contribution in [0.15, 0.2) is 72.8 Å². The van der Waals surface area contributed by atoms with Crippen molar-refractivity contribution in [3.63, 3.8) is 0 Å². The van der Waals surface area contributed by atoms with Gasteiger partial charge in [0.15, 0.2) is 0 Å². The van der Waals surface area contributed by atoms with Gasteiger partial charge in [-0.1, -0.05) is 72.8 Å². The third kappa shape index (κ3) is 6.68. The summed E-state index contributed by atoms with van der Waals surface area (Å²) in [6.45, 7) is 6.88. The van der Waals surface area contributed by atoms with Crippen molar-refractivity contribution in [2.45, 2.75) is 75.9 Å². The summed E-state index contributed by atoms with van der Waals surface area (Å²) in [5, 5.41) is 25.3. The van der Waals surface area contributed by atoms with Crippen molar-refractivity contribution in [1.29, 1.82) is 0 Å². The number of carbonyl (C=O) groups is 4. The second-order valence-electron chi connectivity index (χ2n) is 13.5. The van der Waals surface area contributed by atoms with Crippen molar-refractivity contribution in [3.05, 3.63) is 72.8 Å². The van der Waals surface area contributed by atoms with Crippen molar-refractivity contribution < 1.29 is 33.8 Å². The molecule has 3 unspecified atom stereocenters. The molecule has 3 heterocycles. The zero-order valence-electron chi connectivity index (χ0n) is 27.3. The summed E-state index contributed by atoms with van der Waals surface area (Å²) in [4.78, 5) is 56.6. The summed E-state index contributed by atoms with van der Waals surface area (Å²) in [5.41, 5.74) is 0.661. The number of nitrogens with zero attached hydrogens (tertiary/aromatic N) is 4. The molecule has 48 heavy (non-hydrogen) atoms. The summed E-state index contributed by atoms with van der Waals surface area (Å²) in [6.07, 6.45) is 2.07. The van der Waals surface area contributed by atoms with E-state index in [2.05, 4.69) is 10.6 Å². The van der Waals surface area contributed by atoms with Crippen LogP contribution in [0.1, 0.15) is 46.6 Å². The second-order valence-corrected chi connectivity index (χ2v) is 13.5. The van der Waals surface area contributed by atoms with Crippen LogP contribution in [0.4, 0.5) is 4.79 Å². The van der Waals surface area contributed by atoms with Gasteiger partial charge < -0.3 is 30.1 Å². The maximum absolute atomic E-state index is 14.4. The molecule has 6 atom stereocenters. The zero-order chi connectivity index (χ0) is 34.2. The van der Waals surface area contributed by atoms with Gasteiger partial charge in [0.05, 0.1) is 18.8 Å². The number of carboxylic acid groups (broad SMARTS) is 1. The van der Waals surface area contributed by atoms with E-state index in [4.69, 9.17) is 19.7 Å². The zero-order valence-corrected chi connectivity index (χ0v) is 27.3. The van der Waals surface area contributed by atoms with Crippen LogP contribution < -0.4 is 10.6 Å². The van der Waals surface area contributed by atoms with E-state index in [9.17, 15) is 24.3 Å². The maximum Gasteiger partial charge on any atom is 0.408 e. The van der Waals surface area contributed by atoms with Gasteiger partial charge in [-0.05, 0) is 34.1 Å². The molecule has 3 aliphatic rings. The van der Waals surface area contributed by atoms with Gasteiger partial charge in [-0.25, -0.2) is 9.59 Å². The molecule has 2 aromatic carbocycles. The molecule has 13 nitrogen and oxygen atoms in total. The van der Waals surface area contributed by atoms with E-state index in [-0.39, 0.29) is 26.0 Å². The minimum atomic E-state index is -1.49. The monoisotopic (exact) mass is 656 g/mol. The van der Waals surface area contributed by atoms with Gasteiger partial charge in [0.25, 0.3) is 0 Å². The molecule has 3 N–H and O–H groups in total. The van der Waals surface area contributed by atoms with Gasteiger partial charge in [0, 0.05) is 30.0 Å². The van der Waals surface area contributed by atoms with Crippen LogP contribution in [0, 0.1) is 5.92 Å². The largest absolute Gasteiger partial charge is 0.479 e. The Morgan fingerprint density at radius 2 is 1.62 bits per heavy atom. The first-order chi connectivity index (χ1) is 22.9. The van der Waals surface area contributed by atoms with Gasteiger partial charge in [-0.15, -0.1) is 0 Å². The molecule has 1 aliphatic carbocycles. The number of hydrogen-bond donors (Lipinski definition) is 3. The number of benzene rings is 2. The molecular formula is C35H40N6O7. The highest BCUT2D eigenvalue weighted by atomic mass is 16.6. The van der Waals surface area contributed by atoms with Gasteiger partial charge in [-0.2, -0.15) is 15.0 Å². The normalized spacial score (nSPS) is 28.1. The van der Waals surface area contributed by atoms with Crippen molar-refractivity contribution in [2.24, 2.45) is 5.92 Å². The van der Waals surface area contributed by atoms with Gasteiger partial charge >= 0.3 is 12.1 Å². The highest BCUT2D eigenvalue weighted by molar-refractivity contribution is 5.96. The first kappa shape index (κ1) is 32.9. The number of carbonyl (C=O) groups excluding carboxylic acids is 3. The molecule has 6 rings (SSSR count). The van der Waals surface area contributed by atoms with Crippen LogP contribution in [-0.4, -0.2) is 91.4 Å². The molecular weight excluding hydrogens is 616 g/mol. The predicted molar refractivity (Wildman–Crippen MR) is 174 cm³/mol. The molecule has 0 bridgehead atoms. The van der Waals surface area contributed by atoms with E-state index in [0.717, 1.165) is 11.1 Å². The van der Waals surface area contributed by atoms with Crippen molar-refractivity contribution in [3.8, 4) is 22.5 Å². The molecule has 252 valence electrons. The molecule has 2 aliphatic heterocycles. The summed E-state index contributed by atoms with van der Waals surface area (Å²) in [7, 11) is 0. The van der Waals surface area contributed by atoms with Crippen LogP contribution in [0.2, 0.25) is 0 Å². The van der Waals surface area contributed by atoms with Crippen LogP contribution in [0.25, 0.3) is 22.5 Å². The Kier molecular flexibility index (Phi) is 8.82. The third-order valence-corrected chi connectivity index (χ3v) is 8.89. The summed E-state index contributed by atoms with van der Waals surface area (Å²) >= 11 is 0. The Balaban J connectivity index is 1.38. The Labute approximate surface area is 278 Å². The highest BCUT2D eigenvalue weighted by Gasteiger charge is 2.61. The number of fused-ring (bicyclic) bond motifs is 2.